The number of thiophene rings is 1. The van der Waals surface area contributed by atoms with Crippen LogP contribution in [-0.2, 0) is 13.1 Å². The van der Waals surface area contributed by atoms with Crippen molar-refractivity contribution in [2.24, 2.45) is 0 Å². The molecule has 17 heavy (non-hydrogen) atoms. The highest BCUT2D eigenvalue weighted by molar-refractivity contribution is 7.08. The van der Waals surface area contributed by atoms with Gasteiger partial charge in [-0.1, -0.05) is 0 Å². The lowest BCUT2D eigenvalue weighted by atomic mass is 10.1. The van der Waals surface area contributed by atoms with Gasteiger partial charge in [0.2, 0.25) is 0 Å². The van der Waals surface area contributed by atoms with E-state index in [1.807, 2.05) is 0 Å². The van der Waals surface area contributed by atoms with Gasteiger partial charge in [-0.3, -0.25) is 0 Å². The summed E-state index contributed by atoms with van der Waals surface area (Å²) in [6.07, 6.45) is 2.60. The van der Waals surface area contributed by atoms with Crippen molar-refractivity contribution in [3.63, 3.8) is 0 Å². The van der Waals surface area contributed by atoms with Gasteiger partial charge < -0.3 is 5.32 Å². The number of nitrogens with zero attached hydrogens (tertiary/aromatic N) is 2. The molecule has 0 aromatic carbocycles. The minimum atomic E-state index is 0.698. The quantitative estimate of drug-likeness (QED) is 0.881. The molecule has 4 rings (SSSR count). The third-order valence-corrected chi connectivity index (χ3v) is 4.15. The predicted molar refractivity (Wildman–Crippen MR) is 67.9 cm³/mol. The Kier molecular flexibility index (Phi) is 2.07. The van der Waals surface area contributed by atoms with E-state index in [0.29, 0.717) is 5.92 Å². The fourth-order valence-corrected chi connectivity index (χ4v) is 3.04. The molecule has 2 aliphatic rings. The third-order valence-electron chi connectivity index (χ3n) is 3.46. The van der Waals surface area contributed by atoms with E-state index in [1.54, 1.807) is 11.3 Å². The lowest BCUT2D eigenvalue weighted by Crippen LogP contribution is -2.02. The Hall–Kier alpha value is -1.26. The van der Waals surface area contributed by atoms with Crippen molar-refractivity contribution in [3.8, 4) is 11.4 Å². The van der Waals surface area contributed by atoms with Crippen molar-refractivity contribution < 1.29 is 0 Å². The molecule has 1 N–H and O–H groups in total. The average Bonchev–Trinajstić information content (AvgIpc) is 2.88. The maximum atomic E-state index is 4.80. The highest BCUT2D eigenvalue weighted by Gasteiger charge is 2.31. The molecule has 1 fully saturated rings. The van der Waals surface area contributed by atoms with Crippen LogP contribution in [0.15, 0.2) is 16.8 Å². The minimum Gasteiger partial charge on any atom is -0.307 e. The summed E-state index contributed by atoms with van der Waals surface area (Å²) in [5.74, 6) is 1.61. The number of fused-ring (bicyclic) bond motifs is 1. The topological polar surface area (TPSA) is 37.8 Å². The van der Waals surface area contributed by atoms with E-state index < -0.39 is 0 Å². The Morgan fingerprint density at radius 3 is 2.94 bits per heavy atom. The second-order valence-electron chi connectivity index (χ2n) is 4.75. The highest BCUT2D eigenvalue weighted by Crippen LogP contribution is 2.42. The molecular formula is C13H13N3S. The lowest BCUT2D eigenvalue weighted by Gasteiger charge is -2.07. The van der Waals surface area contributed by atoms with E-state index in [-0.39, 0.29) is 0 Å². The second-order valence-corrected chi connectivity index (χ2v) is 5.53. The van der Waals surface area contributed by atoms with E-state index in [2.05, 4.69) is 22.1 Å². The first kappa shape index (κ1) is 9.74. The highest BCUT2D eigenvalue weighted by atomic mass is 32.1. The molecule has 1 aliphatic heterocycles. The molecule has 86 valence electrons. The van der Waals surface area contributed by atoms with Gasteiger partial charge in [0.25, 0.3) is 0 Å². The van der Waals surface area contributed by atoms with Gasteiger partial charge >= 0.3 is 0 Å². The molecular weight excluding hydrogens is 230 g/mol. The largest absolute Gasteiger partial charge is 0.307 e. The van der Waals surface area contributed by atoms with E-state index in [4.69, 9.17) is 9.97 Å². The molecule has 1 aliphatic carbocycles. The summed E-state index contributed by atoms with van der Waals surface area (Å²) >= 11 is 1.70. The first-order valence-electron chi connectivity index (χ1n) is 6.05. The zero-order chi connectivity index (χ0) is 11.2. The smallest absolute Gasteiger partial charge is 0.160 e. The van der Waals surface area contributed by atoms with Crippen LogP contribution in [0.25, 0.3) is 11.4 Å². The van der Waals surface area contributed by atoms with Gasteiger partial charge in [-0.05, 0) is 24.3 Å². The second kappa shape index (κ2) is 3.62. The molecule has 2 aromatic heterocycles. The van der Waals surface area contributed by atoms with E-state index in [9.17, 15) is 0 Å². The van der Waals surface area contributed by atoms with E-state index in [1.165, 1.54) is 29.8 Å². The van der Waals surface area contributed by atoms with Crippen LogP contribution in [-0.4, -0.2) is 9.97 Å². The maximum Gasteiger partial charge on any atom is 0.160 e. The molecule has 3 nitrogen and oxygen atoms in total. The third kappa shape index (κ3) is 1.59. The Bertz CT molecular complexity index is 558. The van der Waals surface area contributed by atoms with Crippen molar-refractivity contribution >= 4 is 11.3 Å². The lowest BCUT2D eigenvalue weighted by molar-refractivity contribution is 0.755. The molecule has 3 heterocycles. The molecule has 1 saturated carbocycles. The fourth-order valence-electron chi connectivity index (χ4n) is 2.41. The molecule has 2 aromatic rings. The van der Waals surface area contributed by atoms with Gasteiger partial charge in [0.1, 0.15) is 0 Å². The van der Waals surface area contributed by atoms with Crippen LogP contribution in [0.5, 0.6) is 0 Å². The van der Waals surface area contributed by atoms with Crippen LogP contribution < -0.4 is 5.32 Å². The maximum absolute atomic E-state index is 4.80. The summed E-state index contributed by atoms with van der Waals surface area (Å²) in [5.41, 5.74) is 5.04. The van der Waals surface area contributed by atoms with Crippen LogP contribution in [0, 0.1) is 0 Å². The molecule has 0 bridgehead atoms. The molecule has 0 amide bonds. The summed E-state index contributed by atoms with van der Waals surface area (Å²) in [7, 11) is 0. The number of rotatable bonds is 2. The molecule has 0 unspecified atom stereocenters. The summed E-state index contributed by atoms with van der Waals surface area (Å²) in [4.78, 5) is 9.50. The van der Waals surface area contributed by atoms with Gasteiger partial charge in [0, 0.05) is 35.5 Å². The summed E-state index contributed by atoms with van der Waals surface area (Å²) in [6.45, 7) is 1.85. The van der Waals surface area contributed by atoms with Gasteiger partial charge in [-0.25, -0.2) is 9.97 Å². The summed E-state index contributed by atoms with van der Waals surface area (Å²) in [6, 6.07) is 2.10. The SMILES string of the molecule is c1cc(-c2nc3c(c(C4CC4)n2)CNC3)cs1. The molecule has 0 spiro atoms. The van der Waals surface area contributed by atoms with Crippen LogP contribution in [0.2, 0.25) is 0 Å². The molecule has 4 heteroatoms. The Morgan fingerprint density at radius 1 is 1.24 bits per heavy atom. The first-order valence-corrected chi connectivity index (χ1v) is 6.99. The first-order chi connectivity index (χ1) is 8.42. The van der Waals surface area contributed by atoms with E-state index >= 15 is 0 Å². The molecule has 0 radical (unpaired) electrons. The van der Waals surface area contributed by atoms with Crippen molar-refractivity contribution in [2.45, 2.75) is 31.8 Å². The molecule has 0 saturated heterocycles. The number of hydrogen-bond donors (Lipinski definition) is 1. The Labute approximate surface area is 104 Å². The predicted octanol–water partition coefficient (Wildman–Crippen LogP) is 2.69. The number of hydrogen-bond acceptors (Lipinski definition) is 4. The monoisotopic (exact) mass is 243 g/mol. The Balaban J connectivity index is 1.89. The number of nitrogens with one attached hydrogen (secondary N) is 1. The van der Waals surface area contributed by atoms with E-state index in [0.717, 1.165) is 24.5 Å². The standard InChI is InChI=1S/C13H13N3S/c1-2-8(1)12-10-5-14-6-11(10)15-13(16-12)9-3-4-17-7-9/h3-4,7-8,14H,1-2,5-6H2. The number of aromatic nitrogens is 2. The zero-order valence-electron chi connectivity index (χ0n) is 9.44. The van der Waals surface area contributed by atoms with Crippen molar-refractivity contribution in [1.82, 2.24) is 15.3 Å². The average molecular weight is 243 g/mol. The molecule has 0 atom stereocenters. The minimum absolute atomic E-state index is 0.698. The zero-order valence-corrected chi connectivity index (χ0v) is 10.3. The summed E-state index contributed by atoms with van der Waals surface area (Å²) in [5, 5.41) is 7.59. The van der Waals surface area contributed by atoms with Crippen LogP contribution in [0.4, 0.5) is 0 Å². The van der Waals surface area contributed by atoms with Gasteiger partial charge in [-0.2, -0.15) is 11.3 Å². The van der Waals surface area contributed by atoms with Crippen LogP contribution in [0.1, 0.15) is 35.7 Å². The van der Waals surface area contributed by atoms with Crippen molar-refractivity contribution in [1.29, 1.82) is 0 Å². The van der Waals surface area contributed by atoms with Gasteiger partial charge in [0.05, 0.1) is 11.4 Å². The van der Waals surface area contributed by atoms with Crippen LogP contribution in [0.3, 0.4) is 0 Å². The van der Waals surface area contributed by atoms with Gasteiger partial charge in [-0.15, -0.1) is 0 Å². The van der Waals surface area contributed by atoms with Crippen molar-refractivity contribution in [2.75, 3.05) is 0 Å². The summed E-state index contributed by atoms with van der Waals surface area (Å²) < 4.78 is 0. The normalized spacial score (nSPS) is 18.4. The Morgan fingerprint density at radius 2 is 2.18 bits per heavy atom. The fraction of sp³-hybridized carbons (Fsp3) is 0.385. The van der Waals surface area contributed by atoms with Gasteiger partial charge in [0.15, 0.2) is 5.82 Å². The van der Waals surface area contributed by atoms with Crippen molar-refractivity contribution in [3.05, 3.63) is 33.8 Å². The van der Waals surface area contributed by atoms with Crippen LogP contribution >= 0.6 is 11.3 Å².